The summed E-state index contributed by atoms with van der Waals surface area (Å²) in [5.41, 5.74) is 5.09. The van der Waals surface area contributed by atoms with E-state index in [0.29, 0.717) is 5.92 Å². The molecule has 1 aromatic heterocycles. The number of imidazole rings is 1. The third-order valence-electron chi connectivity index (χ3n) is 4.55. The number of hydrogen-bond donors (Lipinski definition) is 0. The summed E-state index contributed by atoms with van der Waals surface area (Å²) in [6, 6.07) is 17.5. The van der Waals surface area contributed by atoms with Crippen LogP contribution in [-0.4, -0.2) is 9.55 Å². The Morgan fingerprint density at radius 3 is 2.41 bits per heavy atom. The molecule has 114 valence electrons. The van der Waals surface area contributed by atoms with E-state index in [1.807, 2.05) is 0 Å². The van der Waals surface area contributed by atoms with Crippen LogP contribution >= 0.6 is 0 Å². The molecule has 1 atom stereocenters. The van der Waals surface area contributed by atoms with Crippen molar-refractivity contribution in [3.05, 3.63) is 65.5 Å². The van der Waals surface area contributed by atoms with Gasteiger partial charge in [-0.05, 0) is 35.6 Å². The molecule has 3 rings (SSSR count). The van der Waals surface area contributed by atoms with Crippen LogP contribution < -0.4 is 0 Å². The summed E-state index contributed by atoms with van der Waals surface area (Å²) in [5, 5.41) is 0. The molecule has 0 saturated carbocycles. The highest BCUT2D eigenvalue weighted by molar-refractivity contribution is 5.76. The Morgan fingerprint density at radius 2 is 1.73 bits per heavy atom. The van der Waals surface area contributed by atoms with Gasteiger partial charge >= 0.3 is 0 Å². The average molecular weight is 292 g/mol. The van der Waals surface area contributed by atoms with Crippen molar-refractivity contribution in [1.82, 2.24) is 9.55 Å². The summed E-state index contributed by atoms with van der Waals surface area (Å²) >= 11 is 0. The van der Waals surface area contributed by atoms with Crippen molar-refractivity contribution in [3.8, 4) is 0 Å². The van der Waals surface area contributed by atoms with Crippen molar-refractivity contribution in [2.24, 2.45) is 0 Å². The van der Waals surface area contributed by atoms with E-state index in [1.165, 1.54) is 23.1 Å². The predicted molar refractivity (Wildman–Crippen MR) is 93.4 cm³/mol. The summed E-state index contributed by atoms with van der Waals surface area (Å²) in [5.74, 6) is 1.79. The Morgan fingerprint density at radius 1 is 1.00 bits per heavy atom. The minimum Gasteiger partial charge on any atom is -0.323 e. The highest BCUT2D eigenvalue weighted by atomic mass is 15.1. The van der Waals surface area contributed by atoms with Crippen LogP contribution in [0.2, 0.25) is 0 Å². The average Bonchev–Trinajstić information content (AvgIpc) is 2.93. The highest BCUT2D eigenvalue weighted by Gasteiger charge is 2.09. The Kier molecular flexibility index (Phi) is 4.28. The molecule has 1 heterocycles. The molecule has 3 aromatic rings. The quantitative estimate of drug-likeness (QED) is 0.635. The van der Waals surface area contributed by atoms with Gasteiger partial charge in [0.15, 0.2) is 0 Å². The van der Waals surface area contributed by atoms with Gasteiger partial charge in [-0.1, -0.05) is 57.2 Å². The molecule has 0 saturated heterocycles. The summed E-state index contributed by atoms with van der Waals surface area (Å²) in [7, 11) is 0. The monoisotopic (exact) mass is 292 g/mol. The van der Waals surface area contributed by atoms with Gasteiger partial charge < -0.3 is 4.57 Å². The first kappa shape index (κ1) is 14.8. The molecule has 0 aliphatic carbocycles. The fourth-order valence-corrected chi connectivity index (χ4v) is 2.94. The summed E-state index contributed by atoms with van der Waals surface area (Å²) in [4.78, 5) is 4.75. The van der Waals surface area contributed by atoms with Crippen LogP contribution in [0, 0.1) is 0 Å². The fraction of sp³-hybridized carbons (Fsp3) is 0.350. The second-order valence-corrected chi connectivity index (χ2v) is 6.01. The lowest BCUT2D eigenvalue weighted by molar-refractivity contribution is 0.728. The second-order valence-electron chi connectivity index (χ2n) is 6.01. The predicted octanol–water partition coefficient (Wildman–Crippen LogP) is 5.16. The number of benzene rings is 2. The Hall–Kier alpha value is -2.09. The second kappa shape index (κ2) is 6.35. The lowest BCUT2D eigenvalue weighted by Crippen LogP contribution is -2.04. The molecule has 0 fully saturated rings. The van der Waals surface area contributed by atoms with Crippen LogP contribution in [0.4, 0.5) is 0 Å². The molecule has 2 heteroatoms. The molecular formula is C20H24N2. The van der Waals surface area contributed by atoms with E-state index in [9.17, 15) is 0 Å². The third kappa shape index (κ3) is 2.78. The fourth-order valence-electron chi connectivity index (χ4n) is 2.94. The van der Waals surface area contributed by atoms with E-state index in [1.54, 1.807) is 0 Å². The van der Waals surface area contributed by atoms with Gasteiger partial charge in [0.1, 0.15) is 5.82 Å². The van der Waals surface area contributed by atoms with Crippen molar-refractivity contribution in [2.45, 2.75) is 46.1 Å². The number of nitrogens with zero attached hydrogens (tertiary/aromatic N) is 2. The Bertz CT molecular complexity index is 753. The highest BCUT2D eigenvalue weighted by Crippen LogP contribution is 2.21. The maximum Gasteiger partial charge on any atom is 0.109 e. The van der Waals surface area contributed by atoms with Crippen LogP contribution in [-0.2, 0) is 13.0 Å². The van der Waals surface area contributed by atoms with E-state index in [2.05, 4.69) is 73.9 Å². The minimum atomic E-state index is 0.634. The summed E-state index contributed by atoms with van der Waals surface area (Å²) < 4.78 is 2.34. The van der Waals surface area contributed by atoms with Crippen molar-refractivity contribution < 1.29 is 0 Å². The molecule has 0 aliphatic rings. The van der Waals surface area contributed by atoms with Crippen molar-refractivity contribution in [1.29, 1.82) is 0 Å². The number of hydrogen-bond acceptors (Lipinski definition) is 1. The van der Waals surface area contributed by atoms with Gasteiger partial charge in [-0.15, -0.1) is 0 Å². The molecule has 0 N–H and O–H groups in total. The van der Waals surface area contributed by atoms with Crippen molar-refractivity contribution >= 4 is 11.0 Å². The smallest absolute Gasteiger partial charge is 0.109 e. The zero-order valence-corrected chi connectivity index (χ0v) is 13.7. The van der Waals surface area contributed by atoms with Gasteiger partial charge in [0.2, 0.25) is 0 Å². The number of aryl methyl sites for hydroxylation is 1. The van der Waals surface area contributed by atoms with E-state index >= 15 is 0 Å². The van der Waals surface area contributed by atoms with Crippen molar-refractivity contribution in [3.63, 3.8) is 0 Å². The van der Waals surface area contributed by atoms with Crippen LogP contribution in [0.15, 0.2) is 48.5 Å². The van der Waals surface area contributed by atoms with Gasteiger partial charge in [-0.3, -0.25) is 0 Å². The van der Waals surface area contributed by atoms with Crippen LogP contribution in [0.3, 0.4) is 0 Å². The molecule has 0 radical (unpaired) electrons. The number of rotatable bonds is 5. The van der Waals surface area contributed by atoms with E-state index in [0.717, 1.165) is 24.3 Å². The largest absolute Gasteiger partial charge is 0.323 e. The normalized spacial score (nSPS) is 12.7. The van der Waals surface area contributed by atoms with Crippen LogP contribution in [0.1, 0.15) is 50.1 Å². The third-order valence-corrected chi connectivity index (χ3v) is 4.55. The first-order valence-electron chi connectivity index (χ1n) is 8.25. The molecular weight excluding hydrogens is 268 g/mol. The summed E-state index contributed by atoms with van der Waals surface area (Å²) in [6.45, 7) is 7.59. The zero-order chi connectivity index (χ0) is 15.5. The maximum atomic E-state index is 4.75. The molecule has 2 aromatic carbocycles. The molecule has 0 spiro atoms. The van der Waals surface area contributed by atoms with Crippen LogP contribution in [0.25, 0.3) is 11.0 Å². The van der Waals surface area contributed by atoms with Gasteiger partial charge in [-0.25, -0.2) is 4.98 Å². The lowest BCUT2D eigenvalue weighted by atomic mass is 9.98. The van der Waals surface area contributed by atoms with Gasteiger partial charge in [0.25, 0.3) is 0 Å². The van der Waals surface area contributed by atoms with E-state index in [-0.39, 0.29) is 0 Å². The SMILES string of the molecule is CCc1nc2ccccc2n1Cc1ccc([C@H](C)CC)cc1. The maximum absolute atomic E-state index is 4.75. The Labute approximate surface area is 132 Å². The molecule has 0 aliphatic heterocycles. The molecule has 2 nitrogen and oxygen atoms in total. The van der Waals surface area contributed by atoms with Gasteiger partial charge in [0.05, 0.1) is 11.0 Å². The summed E-state index contributed by atoms with van der Waals surface area (Å²) in [6.07, 6.45) is 2.14. The van der Waals surface area contributed by atoms with Gasteiger partial charge in [-0.2, -0.15) is 0 Å². The molecule has 0 bridgehead atoms. The lowest BCUT2D eigenvalue weighted by Gasteiger charge is -2.12. The topological polar surface area (TPSA) is 17.8 Å². The first-order valence-corrected chi connectivity index (χ1v) is 8.25. The Balaban J connectivity index is 1.92. The first-order chi connectivity index (χ1) is 10.7. The zero-order valence-electron chi connectivity index (χ0n) is 13.7. The van der Waals surface area contributed by atoms with Crippen molar-refractivity contribution in [2.75, 3.05) is 0 Å². The molecule has 0 amide bonds. The number of fused-ring (bicyclic) bond motifs is 1. The van der Waals surface area contributed by atoms with Gasteiger partial charge in [0, 0.05) is 13.0 Å². The van der Waals surface area contributed by atoms with E-state index in [4.69, 9.17) is 4.98 Å². The minimum absolute atomic E-state index is 0.634. The van der Waals surface area contributed by atoms with E-state index < -0.39 is 0 Å². The molecule has 22 heavy (non-hydrogen) atoms. The number of aromatic nitrogens is 2. The molecule has 0 unspecified atom stereocenters. The standard InChI is InChI=1S/C20H24N2/c1-4-15(3)17-12-10-16(11-13-17)14-22-19-9-7-6-8-18(19)21-20(22)5-2/h6-13,15H,4-5,14H2,1-3H3/t15-/m1/s1. The number of para-hydroxylation sites is 2. The van der Waals surface area contributed by atoms with Crippen LogP contribution in [0.5, 0.6) is 0 Å².